The van der Waals surface area contributed by atoms with Gasteiger partial charge in [0.1, 0.15) is 0 Å². The summed E-state index contributed by atoms with van der Waals surface area (Å²) in [5.41, 5.74) is 2.56. The van der Waals surface area contributed by atoms with E-state index in [9.17, 15) is 0 Å². The van der Waals surface area contributed by atoms with Crippen LogP contribution in [0, 0.1) is 12.8 Å². The van der Waals surface area contributed by atoms with E-state index in [0.29, 0.717) is 5.92 Å². The van der Waals surface area contributed by atoms with E-state index in [4.69, 9.17) is 0 Å². The van der Waals surface area contributed by atoms with Gasteiger partial charge >= 0.3 is 0 Å². The van der Waals surface area contributed by atoms with Gasteiger partial charge in [0.25, 0.3) is 0 Å². The Hall–Kier alpha value is -0.890. The average molecular weight is 232 g/mol. The van der Waals surface area contributed by atoms with Crippen LogP contribution in [0.25, 0.3) is 0 Å². The van der Waals surface area contributed by atoms with Crippen LogP contribution in [0.5, 0.6) is 0 Å². The summed E-state index contributed by atoms with van der Waals surface area (Å²) >= 11 is 0. The molecule has 2 unspecified atom stereocenters. The molecule has 0 aromatic carbocycles. The molecule has 1 fully saturated rings. The van der Waals surface area contributed by atoms with E-state index in [1.165, 1.54) is 37.7 Å². The molecule has 1 aromatic heterocycles. The molecule has 0 bridgehead atoms. The molecule has 0 radical (unpaired) electrons. The third kappa shape index (κ3) is 3.29. The number of hydrogen-bond acceptors (Lipinski definition) is 2. The number of aromatic nitrogens is 1. The van der Waals surface area contributed by atoms with Crippen molar-refractivity contribution in [1.82, 2.24) is 10.3 Å². The SMILES string of the molecule is CNCC1CCCCCC1c1ccc(C)nc1. The second-order valence-corrected chi connectivity index (χ2v) is 5.30. The lowest BCUT2D eigenvalue weighted by molar-refractivity contribution is 0.385. The minimum absolute atomic E-state index is 0.707. The summed E-state index contributed by atoms with van der Waals surface area (Å²) in [5.74, 6) is 1.49. The van der Waals surface area contributed by atoms with Crippen molar-refractivity contribution in [3.05, 3.63) is 29.6 Å². The molecule has 0 spiro atoms. The largest absolute Gasteiger partial charge is 0.319 e. The Bertz CT molecular complexity index is 331. The van der Waals surface area contributed by atoms with Crippen molar-refractivity contribution in [2.75, 3.05) is 13.6 Å². The normalized spacial score (nSPS) is 25.5. The monoisotopic (exact) mass is 232 g/mol. The first-order chi connectivity index (χ1) is 8.31. The van der Waals surface area contributed by atoms with Crippen LogP contribution >= 0.6 is 0 Å². The van der Waals surface area contributed by atoms with Crippen LogP contribution in [0.2, 0.25) is 0 Å². The van der Waals surface area contributed by atoms with Gasteiger partial charge in [0, 0.05) is 11.9 Å². The molecule has 1 N–H and O–H groups in total. The van der Waals surface area contributed by atoms with Gasteiger partial charge in [-0.1, -0.05) is 25.3 Å². The van der Waals surface area contributed by atoms with Crippen molar-refractivity contribution in [3.63, 3.8) is 0 Å². The van der Waals surface area contributed by atoms with Crippen LogP contribution in [0.1, 0.15) is 49.3 Å². The molecule has 94 valence electrons. The highest BCUT2D eigenvalue weighted by atomic mass is 14.8. The zero-order valence-corrected chi connectivity index (χ0v) is 11.1. The van der Waals surface area contributed by atoms with E-state index in [-0.39, 0.29) is 0 Å². The van der Waals surface area contributed by atoms with Gasteiger partial charge in [-0.25, -0.2) is 0 Å². The van der Waals surface area contributed by atoms with Crippen molar-refractivity contribution in [1.29, 1.82) is 0 Å². The molecule has 2 atom stereocenters. The van der Waals surface area contributed by atoms with Crippen LogP contribution in [-0.2, 0) is 0 Å². The molecule has 1 aliphatic rings. The second kappa shape index (κ2) is 6.15. The number of pyridine rings is 1. The van der Waals surface area contributed by atoms with Crippen molar-refractivity contribution in [3.8, 4) is 0 Å². The smallest absolute Gasteiger partial charge is 0.0372 e. The molecule has 1 saturated carbocycles. The van der Waals surface area contributed by atoms with Crippen LogP contribution in [-0.4, -0.2) is 18.6 Å². The topological polar surface area (TPSA) is 24.9 Å². The van der Waals surface area contributed by atoms with Crippen LogP contribution in [0.15, 0.2) is 18.3 Å². The zero-order chi connectivity index (χ0) is 12.1. The van der Waals surface area contributed by atoms with Crippen LogP contribution in [0.3, 0.4) is 0 Å². The van der Waals surface area contributed by atoms with Gasteiger partial charge in [0.05, 0.1) is 0 Å². The summed E-state index contributed by atoms with van der Waals surface area (Å²) in [4.78, 5) is 4.46. The minimum Gasteiger partial charge on any atom is -0.319 e. The summed E-state index contributed by atoms with van der Waals surface area (Å²) in [6.45, 7) is 3.19. The van der Waals surface area contributed by atoms with Crippen molar-refractivity contribution < 1.29 is 0 Å². The van der Waals surface area contributed by atoms with Crippen molar-refractivity contribution in [2.45, 2.75) is 44.9 Å². The Morgan fingerprint density at radius 2 is 2.06 bits per heavy atom. The number of nitrogens with one attached hydrogen (secondary N) is 1. The highest BCUT2D eigenvalue weighted by Gasteiger charge is 2.24. The third-order valence-electron chi connectivity index (χ3n) is 3.99. The lowest BCUT2D eigenvalue weighted by Gasteiger charge is -2.25. The lowest BCUT2D eigenvalue weighted by atomic mass is 9.83. The van der Waals surface area contributed by atoms with E-state index < -0.39 is 0 Å². The first-order valence-corrected chi connectivity index (χ1v) is 6.88. The summed E-state index contributed by atoms with van der Waals surface area (Å²) in [5, 5.41) is 3.36. The first kappa shape index (κ1) is 12.6. The fraction of sp³-hybridized carbons (Fsp3) is 0.667. The van der Waals surface area contributed by atoms with Crippen molar-refractivity contribution in [2.24, 2.45) is 5.92 Å². The predicted molar refractivity (Wildman–Crippen MR) is 72.2 cm³/mol. The van der Waals surface area contributed by atoms with Gasteiger partial charge in [-0.3, -0.25) is 4.98 Å². The highest BCUT2D eigenvalue weighted by molar-refractivity contribution is 5.19. The summed E-state index contributed by atoms with van der Waals surface area (Å²) < 4.78 is 0. The molecule has 2 rings (SSSR count). The number of hydrogen-bond donors (Lipinski definition) is 1. The molecular formula is C15H24N2. The molecule has 1 aliphatic carbocycles. The van der Waals surface area contributed by atoms with Gasteiger partial charge in [0.15, 0.2) is 0 Å². The molecule has 1 heterocycles. The predicted octanol–water partition coefficient (Wildman–Crippen LogP) is 3.27. The summed E-state index contributed by atoms with van der Waals surface area (Å²) in [6.07, 6.45) is 8.95. The Morgan fingerprint density at radius 1 is 1.24 bits per heavy atom. The lowest BCUT2D eigenvalue weighted by Crippen LogP contribution is -2.24. The van der Waals surface area contributed by atoms with Gasteiger partial charge in [-0.05, 0) is 56.8 Å². The second-order valence-electron chi connectivity index (χ2n) is 5.30. The van der Waals surface area contributed by atoms with Crippen LogP contribution < -0.4 is 5.32 Å². The Labute approximate surface area is 105 Å². The zero-order valence-electron chi connectivity index (χ0n) is 11.1. The molecule has 0 saturated heterocycles. The van der Waals surface area contributed by atoms with E-state index in [0.717, 1.165) is 18.2 Å². The Morgan fingerprint density at radius 3 is 2.76 bits per heavy atom. The molecular weight excluding hydrogens is 208 g/mol. The highest BCUT2D eigenvalue weighted by Crippen LogP contribution is 2.35. The average Bonchev–Trinajstić information content (AvgIpc) is 2.56. The maximum Gasteiger partial charge on any atom is 0.0372 e. The van der Waals surface area contributed by atoms with E-state index in [1.54, 1.807) is 0 Å². The van der Waals surface area contributed by atoms with Gasteiger partial charge in [-0.2, -0.15) is 0 Å². The fourth-order valence-corrected chi connectivity index (χ4v) is 3.03. The molecule has 2 nitrogen and oxygen atoms in total. The molecule has 17 heavy (non-hydrogen) atoms. The Balaban J connectivity index is 2.16. The van der Waals surface area contributed by atoms with Crippen molar-refractivity contribution >= 4 is 0 Å². The maximum atomic E-state index is 4.46. The third-order valence-corrected chi connectivity index (χ3v) is 3.99. The van der Waals surface area contributed by atoms with Gasteiger partial charge < -0.3 is 5.32 Å². The van der Waals surface area contributed by atoms with Gasteiger partial charge in [-0.15, -0.1) is 0 Å². The standard InChI is InChI=1S/C15H24N2/c1-12-8-9-14(11-17-12)15-7-5-3-4-6-13(15)10-16-2/h8-9,11,13,15-16H,3-7,10H2,1-2H3. The molecule has 0 aliphatic heterocycles. The maximum absolute atomic E-state index is 4.46. The number of rotatable bonds is 3. The van der Waals surface area contributed by atoms with Crippen LogP contribution in [0.4, 0.5) is 0 Å². The fourth-order valence-electron chi connectivity index (χ4n) is 3.03. The summed E-state index contributed by atoms with van der Waals surface area (Å²) in [7, 11) is 2.06. The Kier molecular flexibility index (Phi) is 4.55. The van der Waals surface area contributed by atoms with E-state index >= 15 is 0 Å². The molecule has 2 heteroatoms. The minimum atomic E-state index is 0.707. The molecule has 1 aromatic rings. The quantitative estimate of drug-likeness (QED) is 0.809. The molecule has 0 amide bonds. The summed E-state index contributed by atoms with van der Waals surface area (Å²) in [6, 6.07) is 4.43. The first-order valence-electron chi connectivity index (χ1n) is 6.88. The number of nitrogens with zero attached hydrogens (tertiary/aromatic N) is 1. The number of aryl methyl sites for hydroxylation is 1. The van der Waals surface area contributed by atoms with E-state index in [1.807, 2.05) is 0 Å². The van der Waals surface area contributed by atoms with E-state index in [2.05, 4.69) is 42.6 Å². The van der Waals surface area contributed by atoms with Gasteiger partial charge in [0.2, 0.25) is 0 Å².